The maximum absolute atomic E-state index is 3.37. The van der Waals surface area contributed by atoms with Gasteiger partial charge in [-0.15, -0.1) is 0 Å². The summed E-state index contributed by atoms with van der Waals surface area (Å²) in [4.78, 5) is 0. The van der Waals surface area contributed by atoms with E-state index < -0.39 is 0 Å². The Bertz CT molecular complexity index is 352. The van der Waals surface area contributed by atoms with Crippen LogP contribution in [0.4, 0.5) is 0 Å². The fraction of sp³-hybridized carbons (Fsp3) is 0.647. The molecule has 0 aromatic heterocycles. The third-order valence-electron chi connectivity index (χ3n) is 4.48. The SMILES string of the molecule is CNCC(CCC1CCCC1)c1ccccc1C. The molecule has 0 heterocycles. The van der Waals surface area contributed by atoms with Crippen molar-refractivity contribution in [2.24, 2.45) is 5.92 Å². The first-order valence-electron chi connectivity index (χ1n) is 7.51. The van der Waals surface area contributed by atoms with E-state index in [1.54, 1.807) is 5.56 Å². The second kappa shape index (κ2) is 6.94. The number of nitrogens with one attached hydrogen (secondary N) is 1. The molecule has 18 heavy (non-hydrogen) atoms. The molecule has 1 saturated carbocycles. The second-order valence-electron chi connectivity index (χ2n) is 5.84. The smallest absolute Gasteiger partial charge is 0.00172 e. The van der Waals surface area contributed by atoms with Gasteiger partial charge in [-0.05, 0) is 49.8 Å². The molecule has 1 fully saturated rings. The van der Waals surface area contributed by atoms with Crippen molar-refractivity contribution >= 4 is 0 Å². The summed E-state index contributed by atoms with van der Waals surface area (Å²) in [6, 6.07) is 8.88. The van der Waals surface area contributed by atoms with E-state index >= 15 is 0 Å². The van der Waals surface area contributed by atoms with Gasteiger partial charge in [-0.3, -0.25) is 0 Å². The van der Waals surface area contributed by atoms with Gasteiger partial charge in [0.25, 0.3) is 0 Å². The second-order valence-corrected chi connectivity index (χ2v) is 5.84. The summed E-state index contributed by atoms with van der Waals surface area (Å²) in [5.74, 6) is 1.70. The van der Waals surface area contributed by atoms with Crippen molar-refractivity contribution < 1.29 is 0 Å². The Labute approximate surface area is 112 Å². The zero-order valence-corrected chi connectivity index (χ0v) is 11.9. The van der Waals surface area contributed by atoms with Crippen LogP contribution in [0, 0.1) is 12.8 Å². The molecule has 0 saturated heterocycles. The quantitative estimate of drug-likeness (QED) is 0.789. The van der Waals surface area contributed by atoms with E-state index in [-0.39, 0.29) is 0 Å². The molecule has 1 unspecified atom stereocenters. The highest BCUT2D eigenvalue weighted by molar-refractivity contribution is 5.29. The van der Waals surface area contributed by atoms with Crippen LogP contribution in [-0.2, 0) is 0 Å². The van der Waals surface area contributed by atoms with E-state index in [0.29, 0.717) is 5.92 Å². The third kappa shape index (κ3) is 3.58. The molecule has 1 aromatic carbocycles. The Morgan fingerprint density at radius 1 is 1.22 bits per heavy atom. The van der Waals surface area contributed by atoms with Crippen molar-refractivity contribution in [1.82, 2.24) is 5.32 Å². The van der Waals surface area contributed by atoms with E-state index in [2.05, 4.69) is 43.6 Å². The molecule has 1 N–H and O–H groups in total. The molecule has 2 rings (SSSR count). The molecule has 1 aromatic rings. The van der Waals surface area contributed by atoms with Gasteiger partial charge >= 0.3 is 0 Å². The van der Waals surface area contributed by atoms with Crippen LogP contribution in [0.1, 0.15) is 55.6 Å². The van der Waals surface area contributed by atoms with Crippen molar-refractivity contribution in [3.63, 3.8) is 0 Å². The minimum atomic E-state index is 0.691. The standard InChI is InChI=1S/C17H27N/c1-14-7-3-6-10-17(14)16(13-18-2)12-11-15-8-4-5-9-15/h3,6-7,10,15-16,18H,4-5,8-9,11-13H2,1-2H3. The Morgan fingerprint density at radius 3 is 2.61 bits per heavy atom. The maximum Gasteiger partial charge on any atom is 0.00172 e. The highest BCUT2D eigenvalue weighted by Gasteiger charge is 2.18. The molecule has 0 aliphatic heterocycles. The lowest BCUT2D eigenvalue weighted by Gasteiger charge is -2.21. The fourth-order valence-electron chi connectivity index (χ4n) is 3.39. The molecule has 0 radical (unpaired) electrons. The lowest BCUT2D eigenvalue weighted by atomic mass is 9.87. The maximum atomic E-state index is 3.37. The highest BCUT2D eigenvalue weighted by atomic mass is 14.8. The molecule has 1 aliphatic carbocycles. The normalized spacial score (nSPS) is 18.1. The van der Waals surface area contributed by atoms with Gasteiger partial charge in [-0.2, -0.15) is 0 Å². The number of aryl methyl sites for hydroxylation is 1. The molecule has 0 bridgehead atoms. The van der Waals surface area contributed by atoms with Gasteiger partial charge in [-0.1, -0.05) is 49.9 Å². The number of rotatable bonds is 6. The van der Waals surface area contributed by atoms with Crippen LogP contribution in [0.2, 0.25) is 0 Å². The summed E-state index contributed by atoms with van der Waals surface area (Å²) in [6.45, 7) is 3.35. The summed E-state index contributed by atoms with van der Waals surface area (Å²) < 4.78 is 0. The van der Waals surface area contributed by atoms with Gasteiger partial charge in [0.05, 0.1) is 0 Å². The van der Waals surface area contributed by atoms with Crippen molar-refractivity contribution in [1.29, 1.82) is 0 Å². The first-order chi connectivity index (χ1) is 8.81. The molecular weight excluding hydrogens is 218 g/mol. The number of hydrogen-bond donors (Lipinski definition) is 1. The fourth-order valence-corrected chi connectivity index (χ4v) is 3.39. The molecule has 0 amide bonds. The average Bonchev–Trinajstić information content (AvgIpc) is 2.88. The lowest BCUT2D eigenvalue weighted by molar-refractivity contribution is 0.442. The topological polar surface area (TPSA) is 12.0 Å². The predicted molar refractivity (Wildman–Crippen MR) is 79.0 cm³/mol. The van der Waals surface area contributed by atoms with Gasteiger partial charge < -0.3 is 5.32 Å². The average molecular weight is 245 g/mol. The molecule has 100 valence electrons. The Balaban J connectivity index is 1.96. The van der Waals surface area contributed by atoms with Crippen LogP contribution >= 0.6 is 0 Å². The molecule has 1 nitrogen and oxygen atoms in total. The van der Waals surface area contributed by atoms with Crippen LogP contribution in [0.3, 0.4) is 0 Å². The zero-order valence-electron chi connectivity index (χ0n) is 11.9. The molecular formula is C17H27N. The number of benzene rings is 1. The number of hydrogen-bond acceptors (Lipinski definition) is 1. The third-order valence-corrected chi connectivity index (χ3v) is 4.48. The molecule has 1 aliphatic rings. The minimum absolute atomic E-state index is 0.691. The van der Waals surface area contributed by atoms with E-state index in [1.807, 2.05) is 0 Å². The van der Waals surface area contributed by atoms with Gasteiger partial charge in [0.15, 0.2) is 0 Å². The predicted octanol–water partition coefficient (Wildman–Crippen LogP) is 4.27. The van der Waals surface area contributed by atoms with Gasteiger partial charge in [0.1, 0.15) is 0 Å². The van der Waals surface area contributed by atoms with Crippen LogP contribution in [0.15, 0.2) is 24.3 Å². The Morgan fingerprint density at radius 2 is 1.94 bits per heavy atom. The van der Waals surface area contributed by atoms with E-state index in [4.69, 9.17) is 0 Å². The van der Waals surface area contributed by atoms with Crippen molar-refractivity contribution in [2.75, 3.05) is 13.6 Å². The van der Waals surface area contributed by atoms with E-state index in [9.17, 15) is 0 Å². The van der Waals surface area contributed by atoms with Crippen LogP contribution in [0.5, 0.6) is 0 Å². The number of likely N-dealkylation sites (N-methyl/N-ethyl adjacent to an activating group) is 1. The van der Waals surface area contributed by atoms with Crippen molar-refractivity contribution in [3.8, 4) is 0 Å². The summed E-state index contributed by atoms with van der Waals surface area (Å²) in [6.07, 6.45) is 8.63. The first-order valence-corrected chi connectivity index (χ1v) is 7.51. The first kappa shape index (κ1) is 13.6. The zero-order chi connectivity index (χ0) is 12.8. The summed E-state index contributed by atoms with van der Waals surface area (Å²) in [5.41, 5.74) is 2.99. The van der Waals surface area contributed by atoms with Crippen molar-refractivity contribution in [2.45, 2.75) is 51.4 Å². The Hall–Kier alpha value is -0.820. The Kier molecular flexibility index (Phi) is 5.25. The molecule has 1 atom stereocenters. The summed E-state index contributed by atoms with van der Waals surface area (Å²) in [5, 5.41) is 3.37. The van der Waals surface area contributed by atoms with Crippen LogP contribution in [0.25, 0.3) is 0 Å². The summed E-state index contributed by atoms with van der Waals surface area (Å²) >= 11 is 0. The van der Waals surface area contributed by atoms with Gasteiger partial charge in [-0.25, -0.2) is 0 Å². The minimum Gasteiger partial charge on any atom is -0.319 e. The van der Waals surface area contributed by atoms with Gasteiger partial charge in [0, 0.05) is 6.54 Å². The van der Waals surface area contributed by atoms with Crippen molar-refractivity contribution in [3.05, 3.63) is 35.4 Å². The largest absolute Gasteiger partial charge is 0.319 e. The molecule has 0 spiro atoms. The van der Waals surface area contributed by atoms with Crippen LogP contribution < -0.4 is 5.32 Å². The van der Waals surface area contributed by atoms with Gasteiger partial charge in [0.2, 0.25) is 0 Å². The molecule has 1 heteroatoms. The lowest BCUT2D eigenvalue weighted by Crippen LogP contribution is -2.18. The summed E-state index contributed by atoms with van der Waals surface area (Å²) in [7, 11) is 2.07. The van der Waals surface area contributed by atoms with E-state index in [0.717, 1.165) is 12.5 Å². The highest BCUT2D eigenvalue weighted by Crippen LogP contribution is 2.32. The van der Waals surface area contributed by atoms with E-state index in [1.165, 1.54) is 44.1 Å². The monoisotopic (exact) mass is 245 g/mol. The van der Waals surface area contributed by atoms with Crippen LogP contribution in [-0.4, -0.2) is 13.6 Å².